The topological polar surface area (TPSA) is 100 Å². The lowest BCUT2D eigenvalue weighted by Crippen LogP contribution is -2.35. The molecule has 0 unspecified atom stereocenters. The summed E-state index contributed by atoms with van der Waals surface area (Å²) < 4.78 is 1.30. The molecule has 3 rings (SSSR count). The summed E-state index contributed by atoms with van der Waals surface area (Å²) in [6.07, 6.45) is 1.63. The number of benzene rings is 1. The van der Waals surface area contributed by atoms with Crippen molar-refractivity contribution in [3.63, 3.8) is 0 Å². The van der Waals surface area contributed by atoms with Crippen molar-refractivity contribution in [1.82, 2.24) is 19.7 Å². The molecule has 8 heteroatoms. The van der Waals surface area contributed by atoms with Gasteiger partial charge in [0, 0.05) is 19.3 Å². The van der Waals surface area contributed by atoms with Crippen molar-refractivity contribution >= 4 is 22.7 Å². The second-order valence-electron chi connectivity index (χ2n) is 6.95. The third kappa shape index (κ3) is 3.72. The predicted molar refractivity (Wildman–Crippen MR) is 108 cm³/mol. The van der Waals surface area contributed by atoms with Gasteiger partial charge in [-0.1, -0.05) is 12.1 Å². The van der Waals surface area contributed by atoms with E-state index in [9.17, 15) is 9.59 Å². The fraction of sp³-hybridized carbons (Fsp3) is 0.300. The molecule has 146 valence electrons. The number of carboxylic acid groups (broad SMARTS) is 1. The predicted octanol–water partition coefficient (Wildman–Crippen LogP) is 2.13. The molecule has 0 saturated heterocycles. The number of anilines is 1. The number of carboxylic acids is 1. The SMILES string of the molecule is C[C@H](Nc1nn(C)c(=O)c2cccnc12)[C@H](c1ccc(C(=O)O)cc1)N(C)C. The first kappa shape index (κ1) is 19.5. The molecular formula is C20H23N5O3. The van der Waals surface area contributed by atoms with Crippen molar-refractivity contribution in [2.75, 3.05) is 19.4 Å². The Balaban J connectivity index is 1.97. The number of nitrogens with zero attached hydrogens (tertiary/aromatic N) is 4. The molecule has 28 heavy (non-hydrogen) atoms. The van der Waals surface area contributed by atoms with Crippen molar-refractivity contribution in [3.8, 4) is 0 Å². The Morgan fingerprint density at radius 2 is 1.89 bits per heavy atom. The lowest BCUT2D eigenvalue weighted by Gasteiger charge is -2.31. The summed E-state index contributed by atoms with van der Waals surface area (Å²) in [6, 6.07) is 10.1. The summed E-state index contributed by atoms with van der Waals surface area (Å²) in [5.74, 6) is -0.426. The number of carbonyl (C=O) groups is 1. The molecule has 0 spiro atoms. The fourth-order valence-electron chi connectivity index (χ4n) is 3.43. The third-order valence-electron chi connectivity index (χ3n) is 4.70. The average Bonchev–Trinajstić information content (AvgIpc) is 2.66. The van der Waals surface area contributed by atoms with Gasteiger partial charge in [-0.05, 0) is 50.8 Å². The Morgan fingerprint density at radius 1 is 1.21 bits per heavy atom. The van der Waals surface area contributed by atoms with Gasteiger partial charge in [0.05, 0.1) is 17.0 Å². The normalized spacial score (nSPS) is 13.5. The molecule has 2 atom stereocenters. The van der Waals surface area contributed by atoms with Crippen LogP contribution >= 0.6 is 0 Å². The zero-order valence-corrected chi connectivity index (χ0v) is 16.2. The van der Waals surface area contributed by atoms with Crippen molar-refractivity contribution in [2.45, 2.75) is 19.0 Å². The van der Waals surface area contributed by atoms with Crippen LogP contribution < -0.4 is 10.9 Å². The third-order valence-corrected chi connectivity index (χ3v) is 4.70. The van der Waals surface area contributed by atoms with Crippen LogP contribution in [0.4, 0.5) is 5.82 Å². The van der Waals surface area contributed by atoms with E-state index in [4.69, 9.17) is 5.11 Å². The van der Waals surface area contributed by atoms with Gasteiger partial charge in [-0.2, -0.15) is 5.10 Å². The number of pyridine rings is 1. The van der Waals surface area contributed by atoms with Gasteiger partial charge >= 0.3 is 5.97 Å². The number of fused-ring (bicyclic) bond motifs is 1. The Hall–Kier alpha value is -3.26. The van der Waals surface area contributed by atoms with E-state index in [-0.39, 0.29) is 23.2 Å². The molecular weight excluding hydrogens is 358 g/mol. The van der Waals surface area contributed by atoms with E-state index in [2.05, 4.69) is 15.4 Å². The quantitative estimate of drug-likeness (QED) is 0.675. The molecule has 0 aliphatic rings. The van der Waals surface area contributed by atoms with Gasteiger partial charge < -0.3 is 15.3 Å². The summed E-state index contributed by atoms with van der Waals surface area (Å²) >= 11 is 0. The number of likely N-dealkylation sites (N-methyl/N-ethyl adjacent to an activating group) is 1. The Labute approximate surface area is 162 Å². The first-order chi connectivity index (χ1) is 13.3. The molecule has 0 saturated carbocycles. The zero-order chi connectivity index (χ0) is 20.4. The smallest absolute Gasteiger partial charge is 0.335 e. The lowest BCUT2D eigenvalue weighted by molar-refractivity contribution is 0.0697. The minimum atomic E-state index is -0.953. The summed E-state index contributed by atoms with van der Waals surface area (Å²) in [5.41, 5.74) is 1.54. The lowest BCUT2D eigenvalue weighted by atomic mass is 9.98. The second-order valence-corrected chi connectivity index (χ2v) is 6.95. The van der Waals surface area contributed by atoms with Crippen molar-refractivity contribution in [1.29, 1.82) is 0 Å². The molecule has 0 fully saturated rings. The van der Waals surface area contributed by atoms with Crippen LogP contribution in [0, 0.1) is 0 Å². The number of hydrogen-bond acceptors (Lipinski definition) is 6. The van der Waals surface area contributed by atoms with E-state index in [0.29, 0.717) is 16.7 Å². The van der Waals surface area contributed by atoms with Crippen molar-refractivity contribution in [3.05, 3.63) is 64.1 Å². The summed E-state index contributed by atoms with van der Waals surface area (Å²) in [5, 5.41) is 17.3. The van der Waals surface area contributed by atoms with Crippen LogP contribution in [0.5, 0.6) is 0 Å². The average molecular weight is 381 g/mol. The van der Waals surface area contributed by atoms with Gasteiger partial charge in [0.1, 0.15) is 5.52 Å². The molecule has 8 nitrogen and oxygen atoms in total. The maximum Gasteiger partial charge on any atom is 0.335 e. The Morgan fingerprint density at radius 3 is 2.50 bits per heavy atom. The van der Waals surface area contributed by atoms with Gasteiger partial charge in [0.15, 0.2) is 5.82 Å². The van der Waals surface area contributed by atoms with Crippen molar-refractivity contribution in [2.24, 2.45) is 7.05 Å². The molecule has 0 aliphatic heterocycles. The van der Waals surface area contributed by atoms with Crippen LogP contribution in [0.15, 0.2) is 47.4 Å². The van der Waals surface area contributed by atoms with Crippen LogP contribution in [0.3, 0.4) is 0 Å². The summed E-state index contributed by atoms with van der Waals surface area (Å²) in [4.78, 5) is 29.8. The molecule has 3 aromatic rings. The number of hydrogen-bond donors (Lipinski definition) is 2. The van der Waals surface area contributed by atoms with Crippen LogP contribution in [-0.4, -0.2) is 50.9 Å². The monoisotopic (exact) mass is 381 g/mol. The van der Waals surface area contributed by atoms with Gasteiger partial charge in [-0.15, -0.1) is 0 Å². The Kier molecular flexibility index (Phi) is 5.41. The number of nitrogens with one attached hydrogen (secondary N) is 1. The minimum Gasteiger partial charge on any atom is -0.478 e. The van der Waals surface area contributed by atoms with Gasteiger partial charge in [-0.25, -0.2) is 9.48 Å². The van der Waals surface area contributed by atoms with E-state index < -0.39 is 5.97 Å². The van der Waals surface area contributed by atoms with E-state index in [0.717, 1.165) is 5.56 Å². The first-order valence-corrected chi connectivity index (χ1v) is 8.88. The van der Waals surface area contributed by atoms with Gasteiger partial charge in [-0.3, -0.25) is 9.78 Å². The Bertz CT molecular complexity index is 1060. The number of aromatic nitrogens is 3. The fourth-order valence-corrected chi connectivity index (χ4v) is 3.43. The summed E-state index contributed by atoms with van der Waals surface area (Å²) in [7, 11) is 5.52. The number of aryl methyl sites for hydroxylation is 1. The highest BCUT2D eigenvalue weighted by molar-refractivity contribution is 5.88. The van der Waals surface area contributed by atoms with Gasteiger partial charge in [0.2, 0.25) is 0 Å². The molecule has 1 aromatic carbocycles. The van der Waals surface area contributed by atoms with E-state index >= 15 is 0 Å². The number of rotatable bonds is 6. The van der Waals surface area contributed by atoms with Crippen molar-refractivity contribution < 1.29 is 9.90 Å². The molecule has 2 aromatic heterocycles. The minimum absolute atomic E-state index is 0.0550. The van der Waals surface area contributed by atoms with Crippen LogP contribution in [0.2, 0.25) is 0 Å². The maximum absolute atomic E-state index is 12.3. The van der Waals surface area contributed by atoms with Gasteiger partial charge in [0.25, 0.3) is 5.56 Å². The molecule has 0 aliphatic carbocycles. The molecule has 0 amide bonds. The first-order valence-electron chi connectivity index (χ1n) is 8.88. The largest absolute Gasteiger partial charge is 0.478 e. The van der Waals surface area contributed by atoms with Crippen LogP contribution in [0.1, 0.15) is 28.9 Å². The highest BCUT2D eigenvalue weighted by Crippen LogP contribution is 2.26. The molecule has 0 bridgehead atoms. The van der Waals surface area contributed by atoms with Crippen LogP contribution in [-0.2, 0) is 7.05 Å². The standard InChI is InChI=1S/C20H23N5O3/c1-12(17(24(2)3)13-7-9-14(10-8-13)20(27)28)22-18-16-15(6-5-11-21-16)19(26)25(4)23-18/h5-12,17H,1-4H3,(H,22,23)(H,27,28)/t12-,17+/m0/s1. The van der Waals surface area contributed by atoms with E-state index in [1.807, 2.05) is 38.1 Å². The number of aromatic carboxylic acids is 1. The molecule has 2 N–H and O–H groups in total. The molecule has 0 radical (unpaired) electrons. The highest BCUT2D eigenvalue weighted by Gasteiger charge is 2.23. The maximum atomic E-state index is 12.3. The van der Waals surface area contributed by atoms with E-state index in [1.54, 1.807) is 37.5 Å². The highest BCUT2D eigenvalue weighted by atomic mass is 16.4. The van der Waals surface area contributed by atoms with Crippen LogP contribution in [0.25, 0.3) is 10.9 Å². The molecule has 2 heterocycles. The second kappa shape index (κ2) is 7.77. The van der Waals surface area contributed by atoms with E-state index in [1.165, 1.54) is 4.68 Å². The zero-order valence-electron chi connectivity index (χ0n) is 16.2. The summed E-state index contributed by atoms with van der Waals surface area (Å²) in [6.45, 7) is 2.01.